The lowest BCUT2D eigenvalue weighted by molar-refractivity contribution is -0.124. The molecular weight excluding hydrogens is 416 g/mol. The second kappa shape index (κ2) is 8.03. The van der Waals surface area contributed by atoms with Crippen molar-refractivity contribution in [3.05, 3.63) is 53.6 Å². The molecule has 2 aromatic carbocycles. The molecule has 1 amide bonds. The third kappa shape index (κ3) is 3.66. The summed E-state index contributed by atoms with van der Waals surface area (Å²) in [4.78, 5) is 35.4. The molecule has 10 nitrogen and oxygen atoms in total. The van der Waals surface area contributed by atoms with Gasteiger partial charge in [-0.3, -0.25) is 9.10 Å². The van der Waals surface area contributed by atoms with Crippen LogP contribution >= 0.6 is 0 Å². The number of amides is 1. The van der Waals surface area contributed by atoms with Gasteiger partial charge in [-0.25, -0.2) is 18.0 Å². The zero-order valence-electron chi connectivity index (χ0n) is 16.0. The molecule has 0 fully saturated rings. The summed E-state index contributed by atoms with van der Waals surface area (Å²) in [5.41, 5.74) is 5.10. The van der Waals surface area contributed by atoms with Crippen molar-refractivity contribution in [2.24, 2.45) is 5.73 Å². The van der Waals surface area contributed by atoms with E-state index in [4.69, 9.17) is 10.5 Å². The van der Waals surface area contributed by atoms with Gasteiger partial charge in [-0.15, -0.1) is 0 Å². The predicted molar refractivity (Wildman–Crippen MR) is 104 cm³/mol. The van der Waals surface area contributed by atoms with Crippen LogP contribution < -0.4 is 14.8 Å². The largest absolute Gasteiger partial charge is 0.476 e. The molecule has 11 heteroatoms. The van der Waals surface area contributed by atoms with Crippen LogP contribution in [0.4, 0.5) is 5.69 Å². The van der Waals surface area contributed by atoms with E-state index in [1.807, 2.05) is 0 Å². The van der Waals surface area contributed by atoms with Crippen LogP contribution in [-0.4, -0.2) is 53.1 Å². The fraction of sp³-hybridized carbons (Fsp3) is 0.211. The number of carbonyl (C=O) groups excluding carboxylic acids is 3. The van der Waals surface area contributed by atoms with Crippen LogP contribution in [0.25, 0.3) is 0 Å². The Morgan fingerprint density at radius 2 is 1.73 bits per heavy atom. The van der Waals surface area contributed by atoms with Gasteiger partial charge in [0.2, 0.25) is 0 Å². The summed E-state index contributed by atoms with van der Waals surface area (Å²) in [5, 5.41) is 0. The Balaban J connectivity index is 2.22. The van der Waals surface area contributed by atoms with Crippen molar-refractivity contribution in [2.75, 3.05) is 25.1 Å². The highest BCUT2D eigenvalue weighted by Gasteiger charge is 2.38. The molecule has 3 rings (SSSR count). The minimum absolute atomic E-state index is 0.0864. The molecule has 1 aliphatic rings. The lowest BCUT2D eigenvalue weighted by Crippen LogP contribution is -2.49. The van der Waals surface area contributed by atoms with Gasteiger partial charge >= 0.3 is 11.9 Å². The number of ether oxygens (including phenoxy) is 3. The highest BCUT2D eigenvalue weighted by molar-refractivity contribution is 7.93. The van der Waals surface area contributed by atoms with Gasteiger partial charge in [0.15, 0.2) is 6.10 Å². The van der Waals surface area contributed by atoms with E-state index in [9.17, 15) is 22.8 Å². The number of esters is 2. The van der Waals surface area contributed by atoms with Crippen molar-refractivity contribution < 1.29 is 37.0 Å². The van der Waals surface area contributed by atoms with E-state index >= 15 is 0 Å². The number of fused-ring (bicyclic) bond motifs is 1. The minimum Gasteiger partial charge on any atom is -0.476 e. The van der Waals surface area contributed by atoms with Crippen LogP contribution in [0, 0.1) is 0 Å². The Morgan fingerprint density at radius 3 is 2.37 bits per heavy atom. The second-order valence-electron chi connectivity index (χ2n) is 6.21. The number of carbonyl (C=O) groups is 3. The fourth-order valence-electron chi connectivity index (χ4n) is 2.96. The van der Waals surface area contributed by atoms with Crippen LogP contribution in [-0.2, 0) is 24.3 Å². The topological polar surface area (TPSA) is 142 Å². The SMILES string of the molecule is COC(=O)c1ccc(C(=O)OC)c(S(=O)(=O)N2CC(C(N)=O)Oc3ccccc32)c1. The smallest absolute Gasteiger partial charge is 0.339 e. The number of para-hydroxylation sites is 2. The van der Waals surface area contributed by atoms with Crippen molar-refractivity contribution in [1.29, 1.82) is 0 Å². The van der Waals surface area contributed by atoms with Crippen LogP contribution in [0.1, 0.15) is 20.7 Å². The summed E-state index contributed by atoms with van der Waals surface area (Å²) in [7, 11) is -2.22. The standard InChI is InChI=1S/C19H18N2O8S/c1-27-18(23)11-7-8-12(19(24)28-2)16(9-11)30(25,26)21-10-15(17(20)22)29-14-6-4-3-5-13(14)21/h3-9,15H,10H2,1-2H3,(H2,20,22). The molecule has 0 saturated carbocycles. The van der Waals surface area contributed by atoms with Gasteiger partial charge in [-0.1, -0.05) is 12.1 Å². The van der Waals surface area contributed by atoms with E-state index in [2.05, 4.69) is 9.47 Å². The number of nitrogens with zero attached hydrogens (tertiary/aromatic N) is 1. The molecule has 1 heterocycles. The van der Waals surface area contributed by atoms with Gasteiger partial charge in [-0.2, -0.15) is 0 Å². The average molecular weight is 434 g/mol. The first-order valence-corrected chi connectivity index (χ1v) is 10.0. The molecule has 1 unspecified atom stereocenters. The minimum atomic E-state index is -4.45. The quantitative estimate of drug-likeness (QED) is 0.678. The maximum absolute atomic E-state index is 13.6. The zero-order valence-corrected chi connectivity index (χ0v) is 16.8. The Hall–Kier alpha value is -3.60. The number of methoxy groups -OCH3 is 2. The van der Waals surface area contributed by atoms with Gasteiger partial charge in [-0.05, 0) is 30.3 Å². The molecule has 0 bridgehead atoms. The van der Waals surface area contributed by atoms with E-state index in [0.717, 1.165) is 30.7 Å². The third-order valence-electron chi connectivity index (χ3n) is 4.43. The van der Waals surface area contributed by atoms with E-state index in [1.165, 1.54) is 18.2 Å². The van der Waals surface area contributed by atoms with E-state index < -0.39 is 45.4 Å². The molecule has 0 saturated heterocycles. The molecule has 2 aromatic rings. The summed E-state index contributed by atoms with van der Waals surface area (Å²) in [5.74, 6) is -2.45. The fourth-order valence-corrected chi connectivity index (χ4v) is 4.64. The zero-order chi connectivity index (χ0) is 22.1. The van der Waals surface area contributed by atoms with Crippen LogP contribution in [0.15, 0.2) is 47.4 Å². The Labute approximate surface area is 172 Å². The van der Waals surface area contributed by atoms with E-state index in [-0.39, 0.29) is 22.6 Å². The van der Waals surface area contributed by atoms with Crippen molar-refractivity contribution in [3.8, 4) is 5.75 Å². The summed E-state index contributed by atoms with van der Waals surface area (Å²) < 4.78 is 42.9. The number of primary amides is 1. The lowest BCUT2D eigenvalue weighted by atomic mass is 10.1. The number of benzene rings is 2. The molecule has 0 spiro atoms. The van der Waals surface area contributed by atoms with Crippen LogP contribution in [0.3, 0.4) is 0 Å². The van der Waals surface area contributed by atoms with Gasteiger partial charge in [0.25, 0.3) is 15.9 Å². The van der Waals surface area contributed by atoms with Crippen molar-refractivity contribution in [2.45, 2.75) is 11.0 Å². The molecule has 0 aliphatic carbocycles. The van der Waals surface area contributed by atoms with Gasteiger partial charge in [0.1, 0.15) is 10.6 Å². The maximum Gasteiger partial charge on any atom is 0.339 e. The third-order valence-corrected chi connectivity index (χ3v) is 6.25. The maximum atomic E-state index is 13.6. The summed E-state index contributed by atoms with van der Waals surface area (Å²) in [6, 6.07) is 9.57. The molecule has 1 aliphatic heterocycles. The first-order valence-electron chi connectivity index (χ1n) is 8.59. The molecule has 158 valence electrons. The Morgan fingerprint density at radius 1 is 1.07 bits per heavy atom. The monoisotopic (exact) mass is 434 g/mol. The summed E-state index contributed by atoms with van der Waals surface area (Å²) in [6.45, 7) is -0.419. The van der Waals surface area contributed by atoms with E-state index in [0.29, 0.717) is 0 Å². The van der Waals surface area contributed by atoms with Crippen molar-refractivity contribution >= 4 is 33.6 Å². The van der Waals surface area contributed by atoms with Gasteiger partial charge in [0, 0.05) is 0 Å². The average Bonchev–Trinajstić information content (AvgIpc) is 2.76. The molecule has 1 atom stereocenters. The summed E-state index contributed by atoms with van der Waals surface area (Å²) in [6.07, 6.45) is -1.25. The lowest BCUT2D eigenvalue weighted by Gasteiger charge is -2.34. The number of sulfonamides is 1. The van der Waals surface area contributed by atoms with Crippen molar-refractivity contribution in [3.63, 3.8) is 0 Å². The highest BCUT2D eigenvalue weighted by Crippen LogP contribution is 2.37. The number of hydrogen-bond donors (Lipinski definition) is 1. The molecule has 0 aromatic heterocycles. The van der Waals surface area contributed by atoms with Crippen LogP contribution in [0.2, 0.25) is 0 Å². The number of nitrogens with two attached hydrogens (primary N) is 1. The Kier molecular flexibility index (Phi) is 5.65. The van der Waals surface area contributed by atoms with Crippen LogP contribution in [0.5, 0.6) is 5.75 Å². The number of anilines is 1. The molecule has 2 N–H and O–H groups in total. The number of rotatable bonds is 5. The first kappa shape index (κ1) is 21.1. The predicted octanol–water partition coefficient (Wildman–Crippen LogP) is 0.701. The van der Waals surface area contributed by atoms with Gasteiger partial charge in [0.05, 0.1) is 37.6 Å². The molecule has 0 radical (unpaired) electrons. The second-order valence-corrected chi connectivity index (χ2v) is 8.04. The molecular formula is C19H18N2O8S. The Bertz CT molecular complexity index is 1130. The molecule has 30 heavy (non-hydrogen) atoms. The summed E-state index contributed by atoms with van der Waals surface area (Å²) >= 11 is 0. The highest BCUT2D eigenvalue weighted by atomic mass is 32.2. The van der Waals surface area contributed by atoms with Crippen molar-refractivity contribution in [1.82, 2.24) is 0 Å². The number of hydrogen-bond acceptors (Lipinski definition) is 8. The first-order chi connectivity index (χ1) is 14.2. The van der Waals surface area contributed by atoms with E-state index in [1.54, 1.807) is 12.1 Å². The normalized spacial score (nSPS) is 15.5. The van der Waals surface area contributed by atoms with Gasteiger partial charge < -0.3 is 19.9 Å².